The number of nitrogens with zero attached hydrogens (tertiary/aromatic N) is 2. The molecular formula is C35H9BCl2F20N2. The van der Waals surface area contributed by atoms with Crippen LogP contribution in [0.5, 0.6) is 0 Å². The maximum Gasteiger partial charge on any atom is 0.313 e. The Labute approximate surface area is 329 Å². The summed E-state index contributed by atoms with van der Waals surface area (Å²) in [5.41, 5.74) is -13.2. The predicted octanol–water partition coefficient (Wildman–Crippen LogP) is 8.57. The SMILES string of the molecule is Clc1ncc[n+](Cc2ccccc2)c1Cl.Fc1c(F)c(F)c([B-](c2c(F)c(F)c(F)c(F)c2F)(c2c(F)c(F)c(F)c(F)c2F)c2c(F)c(F)c(F)c(F)c2F)c(F)c1F. The van der Waals surface area contributed by atoms with Crippen LogP contribution in [0.25, 0.3) is 0 Å². The van der Waals surface area contributed by atoms with Gasteiger partial charge in [-0.25, -0.2) is 92.8 Å². The van der Waals surface area contributed by atoms with E-state index in [-0.39, 0.29) is 0 Å². The Morgan fingerprint density at radius 2 is 0.633 bits per heavy atom. The topological polar surface area (TPSA) is 16.8 Å². The molecule has 0 saturated carbocycles. The van der Waals surface area contributed by atoms with Crippen molar-refractivity contribution in [2.24, 2.45) is 0 Å². The molecule has 0 saturated heterocycles. The summed E-state index contributed by atoms with van der Waals surface area (Å²) in [7, 11) is 0. The molecule has 0 aliphatic carbocycles. The second kappa shape index (κ2) is 16.8. The molecule has 1 heterocycles. The minimum Gasteiger partial charge on any atom is -0.231 e. The molecule has 6 rings (SSSR count). The maximum atomic E-state index is 15.4. The van der Waals surface area contributed by atoms with Crippen LogP contribution >= 0.6 is 23.2 Å². The molecule has 2 nitrogen and oxygen atoms in total. The number of hydrogen-bond donors (Lipinski definition) is 0. The Kier molecular flexibility index (Phi) is 12.8. The molecule has 0 amide bonds. The van der Waals surface area contributed by atoms with Gasteiger partial charge in [0.15, 0.2) is 82.5 Å². The van der Waals surface area contributed by atoms with E-state index in [1.54, 1.807) is 12.4 Å². The van der Waals surface area contributed by atoms with E-state index in [1.807, 2.05) is 34.9 Å². The van der Waals surface area contributed by atoms with E-state index < -0.39 is 144 Å². The highest BCUT2D eigenvalue weighted by Gasteiger charge is 2.52. The van der Waals surface area contributed by atoms with Crippen molar-refractivity contribution in [2.75, 3.05) is 0 Å². The van der Waals surface area contributed by atoms with E-state index in [4.69, 9.17) is 23.2 Å². The van der Waals surface area contributed by atoms with Crippen molar-refractivity contribution in [1.82, 2.24) is 4.98 Å². The van der Waals surface area contributed by atoms with Gasteiger partial charge in [0.1, 0.15) is 52.7 Å². The fourth-order valence-corrected chi connectivity index (χ4v) is 6.52. The Morgan fingerprint density at radius 1 is 0.383 bits per heavy atom. The van der Waals surface area contributed by atoms with E-state index in [0.717, 1.165) is 0 Å². The van der Waals surface area contributed by atoms with Crippen molar-refractivity contribution in [3.8, 4) is 0 Å². The molecule has 0 spiro atoms. The molecule has 6 aromatic rings. The molecule has 0 unspecified atom stereocenters. The lowest BCUT2D eigenvalue weighted by Gasteiger charge is -2.44. The number of benzene rings is 5. The average molecular weight is 919 g/mol. The number of halogens is 22. The monoisotopic (exact) mass is 918 g/mol. The van der Waals surface area contributed by atoms with Crippen molar-refractivity contribution >= 4 is 51.2 Å². The first kappa shape index (κ1) is 45.5. The van der Waals surface area contributed by atoms with Crippen LogP contribution in [0.3, 0.4) is 0 Å². The van der Waals surface area contributed by atoms with Gasteiger partial charge in [0.25, 0.3) is 0 Å². The molecule has 0 aliphatic heterocycles. The van der Waals surface area contributed by atoms with Crippen LogP contribution in [0, 0.1) is 116 Å². The highest BCUT2D eigenvalue weighted by molar-refractivity contribution is 7.20. The van der Waals surface area contributed by atoms with E-state index in [1.165, 1.54) is 5.56 Å². The molecule has 0 atom stereocenters. The van der Waals surface area contributed by atoms with Gasteiger partial charge in [-0.15, -0.1) is 21.9 Å². The van der Waals surface area contributed by atoms with Crippen LogP contribution in [0.1, 0.15) is 5.56 Å². The molecule has 316 valence electrons. The molecule has 0 bridgehead atoms. The summed E-state index contributed by atoms with van der Waals surface area (Å²) in [4.78, 5) is 3.89. The van der Waals surface area contributed by atoms with Crippen LogP contribution in [0.15, 0.2) is 42.7 Å². The number of hydrogen-bond acceptors (Lipinski definition) is 1. The van der Waals surface area contributed by atoms with Gasteiger partial charge in [0.2, 0.25) is 5.15 Å². The fourth-order valence-electron chi connectivity index (χ4n) is 6.19. The molecule has 0 N–H and O–H groups in total. The highest BCUT2D eigenvalue weighted by Crippen LogP contribution is 2.30. The van der Waals surface area contributed by atoms with Gasteiger partial charge in [-0.3, -0.25) is 0 Å². The fraction of sp³-hybridized carbons (Fsp3) is 0.0286. The first-order valence-electron chi connectivity index (χ1n) is 15.4. The smallest absolute Gasteiger partial charge is 0.231 e. The molecule has 60 heavy (non-hydrogen) atoms. The first-order valence-corrected chi connectivity index (χ1v) is 16.2. The summed E-state index contributed by atoms with van der Waals surface area (Å²) < 4.78 is 296. The van der Waals surface area contributed by atoms with Gasteiger partial charge in [-0.05, 0) is 11.6 Å². The molecule has 0 fully saturated rings. The molecule has 25 heteroatoms. The Balaban J connectivity index is 0.000000379. The summed E-state index contributed by atoms with van der Waals surface area (Å²) in [6, 6.07) is 10.0. The Morgan fingerprint density at radius 3 is 0.900 bits per heavy atom. The van der Waals surface area contributed by atoms with Crippen LogP contribution in [0.2, 0.25) is 10.3 Å². The molecule has 1 aromatic heterocycles. The molecule has 5 aromatic carbocycles. The molecule has 0 aliphatic rings. The third-order valence-electron chi connectivity index (χ3n) is 8.76. The third kappa shape index (κ3) is 7.03. The van der Waals surface area contributed by atoms with E-state index in [0.29, 0.717) is 16.9 Å². The lowest BCUT2D eigenvalue weighted by molar-refractivity contribution is -0.686. The zero-order valence-corrected chi connectivity index (χ0v) is 29.5. The number of aromatic nitrogens is 2. The van der Waals surface area contributed by atoms with Gasteiger partial charge in [-0.2, -0.15) is 4.57 Å². The number of rotatable bonds is 6. The van der Waals surface area contributed by atoms with Gasteiger partial charge in [0, 0.05) is 5.56 Å². The first-order chi connectivity index (χ1) is 28.0. The minimum absolute atomic E-state index is 0.329. The summed E-state index contributed by atoms with van der Waals surface area (Å²) in [6.07, 6.45) is -3.77. The van der Waals surface area contributed by atoms with E-state index in [9.17, 15) is 52.7 Å². The minimum atomic E-state index is -7.22. The quantitative estimate of drug-likeness (QED) is 0.0539. The lowest BCUT2D eigenvalue weighted by atomic mass is 9.12. The predicted molar refractivity (Wildman–Crippen MR) is 169 cm³/mol. The Hall–Kier alpha value is -5.58. The van der Waals surface area contributed by atoms with Crippen LogP contribution < -0.4 is 26.4 Å². The zero-order chi connectivity index (χ0) is 45.0. The second-order valence-corrected chi connectivity index (χ2v) is 12.6. The second-order valence-electron chi connectivity index (χ2n) is 11.9. The standard InChI is InChI=1S/C24BF20.C11H9Cl2N2/c26-5-1(6(27)14(35)21(42)13(5)34)25(2-7(28)15(36)22(43)16(37)8(2)29,3-9(30)17(38)23(44)18(39)10(3)31)4-11(32)19(40)24(45)20(41)12(4)33;12-10-11(13)15(7-6-14-10)8-9-4-2-1-3-5-9/h;1-7H,8H2/q-1;+1. The van der Waals surface area contributed by atoms with Crippen LogP contribution in [-0.4, -0.2) is 11.1 Å². The van der Waals surface area contributed by atoms with Gasteiger partial charge in [-0.1, -0.05) is 41.9 Å². The lowest BCUT2D eigenvalue weighted by Crippen LogP contribution is -2.81. The van der Waals surface area contributed by atoms with Crippen LogP contribution in [-0.2, 0) is 6.54 Å². The van der Waals surface area contributed by atoms with Crippen molar-refractivity contribution in [3.05, 3.63) is 175 Å². The van der Waals surface area contributed by atoms with E-state index >= 15 is 35.1 Å². The highest BCUT2D eigenvalue weighted by atomic mass is 35.5. The summed E-state index contributed by atoms with van der Waals surface area (Å²) in [6.45, 7) is 0.696. The average Bonchev–Trinajstić information content (AvgIpc) is 3.23. The largest absolute Gasteiger partial charge is 0.313 e. The maximum absolute atomic E-state index is 15.4. The summed E-state index contributed by atoms with van der Waals surface area (Å²) >= 11 is 11.8. The van der Waals surface area contributed by atoms with Crippen molar-refractivity contribution in [1.29, 1.82) is 0 Å². The van der Waals surface area contributed by atoms with E-state index in [2.05, 4.69) is 4.98 Å². The summed E-state index contributed by atoms with van der Waals surface area (Å²) in [5, 5.41) is 0.790. The van der Waals surface area contributed by atoms with Crippen LogP contribution in [0.4, 0.5) is 87.8 Å². The normalized spacial score (nSPS) is 11.6. The third-order valence-corrected chi connectivity index (χ3v) is 9.53. The summed E-state index contributed by atoms with van der Waals surface area (Å²) in [5.74, 6) is -71.4. The van der Waals surface area contributed by atoms with Gasteiger partial charge in [0.05, 0.1) is 6.20 Å². The van der Waals surface area contributed by atoms with Gasteiger partial charge < -0.3 is 0 Å². The molecular weight excluding hydrogens is 910 g/mol. The van der Waals surface area contributed by atoms with Gasteiger partial charge >= 0.3 is 5.15 Å². The Bertz CT molecular complexity index is 2340. The zero-order valence-electron chi connectivity index (χ0n) is 28.0. The van der Waals surface area contributed by atoms with Crippen molar-refractivity contribution in [2.45, 2.75) is 6.54 Å². The molecule has 0 radical (unpaired) electrons. The van der Waals surface area contributed by atoms with Crippen molar-refractivity contribution in [3.63, 3.8) is 0 Å². The van der Waals surface area contributed by atoms with Crippen molar-refractivity contribution < 1.29 is 92.4 Å².